The van der Waals surface area contributed by atoms with Gasteiger partial charge in [0.25, 0.3) is 0 Å². The first kappa shape index (κ1) is 11.5. The molecule has 0 aliphatic rings. The van der Waals surface area contributed by atoms with Crippen LogP contribution in [0.15, 0.2) is 24.3 Å². The number of rotatable bonds is 4. The zero-order valence-corrected chi connectivity index (χ0v) is 8.16. The van der Waals surface area contributed by atoms with Crippen LogP contribution in [-0.2, 0) is 0 Å². The standard InChI is InChI=1S/C10H13FN2O2/c11-8-3-1-4-9(7-8)13-10(15)12-5-2-6-14/h1,3-4,7,14H,2,5-6H2,(H2,12,13,15). The summed E-state index contributed by atoms with van der Waals surface area (Å²) >= 11 is 0. The molecule has 0 fully saturated rings. The number of halogens is 1. The Hall–Kier alpha value is -1.62. The molecular weight excluding hydrogens is 199 g/mol. The maximum absolute atomic E-state index is 12.7. The molecule has 0 aliphatic heterocycles. The highest BCUT2D eigenvalue weighted by atomic mass is 19.1. The fourth-order valence-corrected chi connectivity index (χ4v) is 1.02. The molecule has 0 heterocycles. The molecule has 0 saturated heterocycles. The molecule has 1 rings (SSSR count). The quantitative estimate of drug-likeness (QED) is 0.659. The van der Waals surface area contributed by atoms with Crippen molar-refractivity contribution in [3.8, 4) is 0 Å². The molecule has 0 spiro atoms. The van der Waals surface area contributed by atoms with Crippen LogP contribution in [0, 0.1) is 5.82 Å². The number of aliphatic hydroxyl groups is 1. The lowest BCUT2D eigenvalue weighted by molar-refractivity contribution is 0.249. The van der Waals surface area contributed by atoms with Crippen LogP contribution in [0.5, 0.6) is 0 Å². The molecule has 0 aromatic heterocycles. The summed E-state index contributed by atoms with van der Waals surface area (Å²) in [5.74, 6) is -0.400. The first-order valence-electron chi connectivity index (χ1n) is 4.63. The van der Waals surface area contributed by atoms with Gasteiger partial charge in [-0.2, -0.15) is 0 Å². The molecule has 15 heavy (non-hydrogen) atoms. The van der Waals surface area contributed by atoms with Gasteiger partial charge in [-0.25, -0.2) is 9.18 Å². The van der Waals surface area contributed by atoms with E-state index in [2.05, 4.69) is 10.6 Å². The minimum Gasteiger partial charge on any atom is -0.396 e. The number of amides is 2. The van der Waals surface area contributed by atoms with Crippen molar-refractivity contribution in [2.75, 3.05) is 18.5 Å². The zero-order valence-electron chi connectivity index (χ0n) is 8.16. The Kier molecular flexibility index (Phi) is 4.56. The van der Waals surface area contributed by atoms with Gasteiger partial charge in [-0.3, -0.25) is 0 Å². The molecule has 0 radical (unpaired) electrons. The number of nitrogens with one attached hydrogen (secondary N) is 2. The van der Waals surface area contributed by atoms with Crippen molar-refractivity contribution in [2.45, 2.75) is 6.42 Å². The number of hydrogen-bond donors (Lipinski definition) is 3. The number of urea groups is 1. The molecule has 0 atom stereocenters. The molecule has 2 amide bonds. The van der Waals surface area contributed by atoms with Crippen molar-refractivity contribution in [1.82, 2.24) is 5.32 Å². The second-order valence-corrected chi connectivity index (χ2v) is 2.97. The average molecular weight is 212 g/mol. The highest BCUT2D eigenvalue weighted by Crippen LogP contribution is 2.08. The largest absolute Gasteiger partial charge is 0.396 e. The van der Waals surface area contributed by atoms with Crippen LogP contribution in [0.25, 0.3) is 0 Å². The Bertz CT molecular complexity index is 331. The van der Waals surface area contributed by atoms with Gasteiger partial charge in [-0.05, 0) is 24.6 Å². The molecule has 82 valence electrons. The monoisotopic (exact) mass is 212 g/mol. The van der Waals surface area contributed by atoms with E-state index in [0.717, 1.165) is 0 Å². The first-order valence-corrected chi connectivity index (χ1v) is 4.63. The second kappa shape index (κ2) is 5.98. The maximum Gasteiger partial charge on any atom is 0.319 e. The molecule has 5 heteroatoms. The minimum atomic E-state index is -0.408. The van der Waals surface area contributed by atoms with Crippen LogP contribution in [0.1, 0.15) is 6.42 Å². The molecule has 4 nitrogen and oxygen atoms in total. The summed E-state index contributed by atoms with van der Waals surface area (Å²) in [7, 11) is 0. The Morgan fingerprint density at radius 1 is 1.47 bits per heavy atom. The number of carbonyl (C=O) groups excluding carboxylic acids is 1. The molecular formula is C10H13FN2O2. The summed E-state index contributed by atoms with van der Waals surface area (Å²) in [6, 6.07) is 5.22. The maximum atomic E-state index is 12.7. The van der Waals surface area contributed by atoms with Crippen molar-refractivity contribution in [2.24, 2.45) is 0 Å². The summed E-state index contributed by atoms with van der Waals surface area (Å²) in [4.78, 5) is 11.2. The Balaban J connectivity index is 2.37. The van der Waals surface area contributed by atoms with Crippen molar-refractivity contribution >= 4 is 11.7 Å². The Labute approximate surface area is 87.1 Å². The van der Waals surface area contributed by atoms with Crippen LogP contribution in [0.3, 0.4) is 0 Å². The lowest BCUT2D eigenvalue weighted by Gasteiger charge is -2.06. The molecule has 0 bridgehead atoms. The summed E-state index contributed by atoms with van der Waals surface area (Å²) in [6.07, 6.45) is 0.497. The van der Waals surface area contributed by atoms with Crippen LogP contribution < -0.4 is 10.6 Å². The van der Waals surface area contributed by atoms with Gasteiger partial charge < -0.3 is 15.7 Å². The van der Waals surface area contributed by atoms with Gasteiger partial charge in [0.2, 0.25) is 0 Å². The van der Waals surface area contributed by atoms with E-state index in [0.29, 0.717) is 18.7 Å². The van der Waals surface area contributed by atoms with E-state index in [1.165, 1.54) is 18.2 Å². The number of hydrogen-bond acceptors (Lipinski definition) is 2. The molecule has 0 aliphatic carbocycles. The molecule has 1 aromatic carbocycles. The second-order valence-electron chi connectivity index (χ2n) is 2.97. The Morgan fingerprint density at radius 3 is 2.93 bits per heavy atom. The zero-order chi connectivity index (χ0) is 11.1. The predicted molar refractivity (Wildman–Crippen MR) is 55.1 cm³/mol. The lowest BCUT2D eigenvalue weighted by Crippen LogP contribution is -2.29. The summed E-state index contributed by atoms with van der Waals surface area (Å²) < 4.78 is 12.7. The first-order chi connectivity index (χ1) is 7.22. The van der Waals surface area contributed by atoms with Crippen LogP contribution >= 0.6 is 0 Å². The van der Waals surface area contributed by atoms with Gasteiger partial charge in [0, 0.05) is 18.8 Å². The smallest absolute Gasteiger partial charge is 0.319 e. The van der Waals surface area contributed by atoms with E-state index < -0.39 is 11.8 Å². The molecule has 0 saturated carbocycles. The topological polar surface area (TPSA) is 61.4 Å². The van der Waals surface area contributed by atoms with Crippen molar-refractivity contribution < 1.29 is 14.3 Å². The fourth-order valence-electron chi connectivity index (χ4n) is 1.02. The van der Waals surface area contributed by atoms with Crippen molar-refractivity contribution in [3.05, 3.63) is 30.1 Å². The van der Waals surface area contributed by atoms with E-state index in [4.69, 9.17) is 5.11 Å². The third-order valence-electron chi connectivity index (χ3n) is 1.70. The minimum absolute atomic E-state index is 0.0280. The van der Waals surface area contributed by atoms with E-state index in [1.54, 1.807) is 6.07 Å². The fraction of sp³-hybridized carbons (Fsp3) is 0.300. The molecule has 0 unspecified atom stereocenters. The highest BCUT2D eigenvalue weighted by molar-refractivity contribution is 5.89. The number of aliphatic hydroxyl groups excluding tert-OH is 1. The van der Waals surface area contributed by atoms with Crippen LogP contribution in [-0.4, -0.2) is 24.3 Å². The predicted octanol–water partition coefficient (Wildman–Crippen LogP) is 1.33. The van der Waals surface area contributed by atoms with E-state index in [9.17, 15) is 9.18 Å². The average Bonchev–Trinajstić information content (AvgIpc) is 2.18. The Morgan fingerprint density at radius 2 is 2.27 bits per heavy atom. The van der Waals surface area contributed by atoms with Gasteiger partial charge in [0.05, 0.1) is 0 Å². The normalized spacial score (nSPS) is 9.73. The van der Waals surface area contributed by atoms with E-state index >= 15 is 0 Å². The van der Waals surface area contributed by atoms with Crippen LogP contribution in [0.2, 0.25) is 0 Å². The molecule has 1 aromatic rings. The summed E-state index contributed by atoms with van der Waals surface area (Å²) in [5.41, 5.74) is 0.400. The third kappa shape index (κ3) is 4.42. The number of anilines is 1. The lowest BCUT2D eigenvalue weighted by atomic mass is 10.3. The van der Waals surface area contributed by atoms with E-state index in [-0.39, 0.29) is 6.61 Å². The number of carbonyl (C=O) groups is 1. The van der Waals surface area contributed by atoms with E-state index in [1.807, 2.05) is 0 Å². The van der Waals surface area contributed by atoms with Gasteiger partial charge in [0.1, 0.15) is 5.82 Å². The summed E-state index contributed by atoms with van der Waals surface area (Å²) in [5, 5.41) is 13.5. The summed E-state index contributed by atoms with van der Waals surface area (Å²) in [6.45, 7) is 0.415. The molecule has 3 N–H and O–H groups in total. The van der Waals surface area contributed by atoms with Crippen LogP contribution in [0.4, 0.5) is 14.9 Å². The van der Waals surface area contributed by atoms with Crippen molar-refractivity contribution in [3.63, 3.8) is 0 Å². The van der Waals surface area contributed by atoms with Gasteiger partial charge in [-0.15, -0.1) is 0 Å². The third-order valence-corrected chi connectivity index (χ3v) is 1.70. The van der Waals surface area contributed by atoms with Gasteiger partial charge in [0.15, 0.2) is 0 Å². The van der Waals surface area contributed by atoms with Gasteiger partial charge in [-0.1, -0.05) is 6.07 Å². The SMILES string of the molecule is O=C(NCCCO)Nc1cccc(F)c1. The number of benzene rings is 1. The highest BCUT2D eigenvalue weighted by Gasteiger charge is 2.00. The van der Waals surface area contributed by atoms with Crippen molar-refractivity contribution in [1.29, 1.82) is 0 Å². The van der Waals surface area contributed by atoms with Gasteiger partial charge >= 0.3 is 6.03 Å².